The van der Waals surface area contributed by atoms with Gasteiger partial charge in [0.15, 0.2) is 0 Å². The minimum absolute atomic E-state index is 0.147. The van der Waals surface area contributed by atoms with E-state index in [1.54, 1.807) is 38.1 Å². The van der Waals surface area contributed by atoms with Crippen molar-refractivity contribution in [2.45, 2.75) is 51.0 Å². The van der Waals surface area contributed by atoms with Crippen LogP contribution in [0.2, 0.25) is 0 Å². The zero-order valence-corrected chi connectivity index (χ0v) is 16.8. The van der Waals surface area contributed by atoms with Gasteiger partial charge in [-0.05, 0) is 43.9 Å². The number of nitrogens with zero attached hydrogens (tertiary/aromatic N) is 1. The average Bonchev–Trinajstić information content (AvgIpc) is 3.13. The van der Waals surface area contributed by atoms with Gasteiger partial charge in [0.1, 0.15) is 0 Å². The Bertz CT molecular complexity index is 772. The SMILES string of the molecule is CCN(CC)S(=O)(=O)c1ccc(C(C)NC(=O)[C@@H]2CC[C@H](C(=O)O)C2)cc1. The maximum Gasteiger partial charge on any atom is 0.306 e. The predicted octanol–water partition coefficient (Wildman–Crippen LogP) is 2.40. The highest BCUT2D eigenvalue weighted by Crippen LogP contribution is 2.31. The van der Waals surface area contributed by atoms with Crippen molar-refractivity contribution in [3.05, 3.63) is 29.8 Å². The monoisotopic (exact) mass is 396 g/mol. The fourth-order valence-corrected chi connectivity index (χ4v) is 4.96. The van der Waals surface area contributed by atoms with Gasteiger partial charge in [0.25, 0.3) is 0 Å². The van der Waals surface area contributed by atoms with E-state index in [1.807, 2.05) is 6.92 Å². The van der Waals surface area contributed by atoms with Crippen LogP contribution in [0.15, 0.2) is 29.2 Å². The number of carboxylic acids is 1. The second kappa shape index (κ2) is 8.84. The molecule has 1 aromatic carbocycles. The molecule has 1 aliphatic rings. The number of hydrogen-bond acceptors (Lipinski definition) is 4. The number of sulfonamides is 1. The molecule has 2 rings (SSSR count). The van der Waals surface area contributed by atoms with E-state index in [0.29, 0.717) is 32.4 Å². The second-order valence-corrected chi connectivity index (χ2v) is 8.87. The van der Waals surface area contributed by atoms with Crippen LogP contribution in [-0.4, -0.2) is 42.8 Å². The number of carbonyl (C=O) groups is 2. The van der Waals surface area contributed by atoms with E-state index in [4.69, 9.17) is 5.11 Å². The number of amides is 1. The first-order chi connectivity index (χ1) is 12.7. The summed E-state index contributed by atoms with van der Waals surface area (Å²) in [4.78, 5) is 23.6. The zero-order chi connectivity index (χ0) is 20.2. The third-order valence-corrected chi connectivity index (χ3v) is 7.30. The lowest BCUT2D eigenvalue weighted by Gasteiger charge is -2.20. The van der Waals surface area contributed by atoms with Crippen LogP contribution in [0.1, 0.15) is 51.6 Å². The fraction of sp³-hybridized carbons (Fsp3) is 0.579. The number of carboxylic acid groups (broad SMARTS) is 1. The van der Waals surface area contributed by atoms with E-state index >= 15 is 0 Å². The molecule has 1 amide bonds. The molecule has 1 aliphatic carbocycles. The third kappa shape index (κ3) is 4.87. The summed E-state index contributed by atoms with van der Waals surface area (Å²) in [5, 5.41) is 12.0. The Labute approximate surface area is 160 Å². The van der Waals surface area contributed by atoms with Crippen LogP contribution in [0.25, 0.3) is 0 Å². The summed E-state index contributed by atoms with van der Waals surface area (Å²) in [6, 6.07) is 6.24. The first-order valence-corrected chi connectivity index (χ1v) is 10.8. The summed E-state index contributed by atoms with van der Waals surface area (Å²) in [6.45, 7) is 6.24. The number of benzene rings is 1. The first kappa shape index (κ1) is 21.4. The minimum atomic E-state index is -3.50. The van der Waals surface area contributed by atoms with Gasteiger partial charge in [-0.3, -0.25) is 9.59 Å². The first-order valence-electron chi connectivity index (χ1n) is 9.33. The van der Waals surface area contributed by atoms with Crippen molar-refractivity contribution in [1.82, 2.24) is 9.62 Å². The van der Waals surface area contributed by atoms with Crippen LogP contribution >= 0.6 is 0 Å². The van der Waals surface area contributed by atoms with Crippen molar-refractivity contribution in [1.29, 1.82) is 0 Å². The van der Waals surface area contributed by atoms with E-state index in [-0.39, 0.29) is 22.8 Å². The number of rotatable bonds is 8. The van der Waals surface area contributed by atoms with Gasteiger partial charge in [0.2, 0.25) is 15.9 Å². The van der Waals surface area contributed by atoms with Crippen LogP contribution in [0.4, 0.5) is 0 Å². The number of hydrogen-bond donors (Lipinski definition) is 2. The molecule has 0 saturated heterocycles. The topological polar surface area (TPSA) is 104 Å². The minimum Gasteiger partial charge on any atom is -0.481 e. The zero-order valence-electron chi connectivity index (χ0n) is 16.0. The molecular formula is C19H28N2O5S. The normalized spacial score (nSPS) is 21.2. The van der Waals surface area contributed by atoms with Crippen molar-refractivity contribution in [2.24, 2.45) is 11.8 Å². The van der Waals surface area contributed by atoms with Crippen molar-refractivity contribution >= 4 is 21.9 Å². The third-order valence-electron chi connectivity index (χ3n) is 5.23. The van der Waals surface area contributed by atoms with Crippen LogP contribution < -0.4 is 5.32 Å². The molecule has 7 nitrogen and oxygen atoms in total. The Morgan fingerprint density at radius 3 is 2.19 bits per heavy atom. The smallest absolute Gasteiger partial charge is 0.306 e. The molecule has 27 heavy (non-hydrogen) atoms. The Balaban J connectivity index is 2.02. The molecule has 3 atom stereocenters. The van der Waals surface area contributed by atoms with Crippen LogP contribution in [-0.2, 0) is 19.6 Å². The van der Waals surface area contributed by atoms with Gasteiger partial charge in [-0.25, -0.2) is 8.42 Å². The molecule has 0 radical (unpaired) electrons. The fourth-order valence-electron chi connectivity index (χ4n) is 3.50. The Kier molecular flexibility index (Phi) is 7.00. The van der Waals surface area contributed by atoms with Crippen molar-refractivity contribution < 1.29 is 23.1 Å². The summed E-state index contributed by atoms with van der Waals surface area (Å²) in [5.74, 6) is -1.72. The Morgan fingerprint density at radius 1 is 1.15 bits per heavy atom. The summed E-state index contributed by atoms with van der Waals surface area (Å²) < 4.78 is 26.4. The lowest BCUT2D eigenvalue weighted by Crippen LogP contribution is -2.32. The molecule has 8 heteroatoms. The van der Waals surface area contributed by atoms with Gasteiger partial charge < -0.3 is 10.4 Å². The van der Waals surface area contributed by atoms with E-state index < -0.39 is 21.9 Å². The molecule has 1 saturated carbocycles. The molecule has 0 bridgehead atoms. The van der Waals surface area contributed by atoms with E-state index in [9.17, 15) is 18.0 Å². The van der Waals surface area contributed by atoms with Gasteiger partial charge in [0.05, 0.1) is 16.9 Å². The molecule has 2 N–H and O–H groups in total. The van der Waals surface area contributed by atoms with Gasteiger partial charge in [-0.15, -0.1) is 0 Å². The van der Waals surface area contributed by atoms with Crippen molar-refractivity contribution in [2.75, 3.05) is 13.1 Å². The summed E-state index contributed by atoms with van der Waals surface area (Å²) >= 11 is 0. The van der Waals surface area contributed by atoms with Crippen molar-refractivity contribution in [3.8, 4) is 0 Å². The summed E-state index contributed by atoms with van der Waals surface area (Å²) in [5.41, 5.74) is 0.801. The molecule has 0 heterocycles. The van der Waals surface area contributed by atoms with Gasteiger partial charge in [-0.2, -0.15) is 4.31 Å². The molecule has 0 aromatic heterocycles. The van der Waals surface area contributed by atoms with Crippen molar-refractivity contribution in [3.63, 3.8) is 0 Å². The molecule has 1 aromatic rings. The summed E-state index contributed by atoms with van der Waals surface area (Å²) in [6.07, 6.45) is 1.48. The molecular weight excluding hydrogens is 368 g/mol. The van der Waals surface area contributed by atoms with E-state index in [0.717, 1.165) is 5.56 Å². The van der Waals surface area contributed by atoms with E-state index in [1.165, 1.54) is 4.31 Å². The predicted molar refractivity (Wildman–Crippen MR) is 102 cm³/mol. The van der Waals surface area contributed by atoms with E-state index in [2.05, 4.69) is 5.32 Å². The molecule has 0 aliphatic heterocycles. The highest BCUT2D eigenvalue weighted by molar-refractivity contribution is 7.89. The second-order valence-electron chi connectivity index (χ2n) is 6.93. The quantitative estimate of drug-likeness (QED) is 0.702. The van der Waals surface area contributed by atoms with Crippen LogP contribution in [0, 0.1) is 11.8 Å². The number of carbonyl (C=O) groups excluding carboxylic acids is 1. The highest BCUT2D eigenvalue weighted by Gasteiger charge is 2.34. The highest BCUT2D eigenvalue weighted by atomic mass is 32.2. The standard InChI is InChI=1S/C19H28N2O5S/c1-4-21(5-2)27(25,26)17-10-8-14(9-11-17)13(3)20-18(22)15-6-7-16(12-15)19(23)24/h8-11,13,15-16H,4-7,12H2,1-3H3,(H,20,22)(H,23,24)/t13?,15-,16+/m1/s1. The maximum absolute atomic E-state index is 12.5. The Morgan fingerprint density at radius 2 is 1.70 bits per heavy atom. The molecule has 150 valence electrons. The summed E-state index contributed by atoms with van der Waals surface area (Å²) in [7, 11) is -3.50. The number of aliphatic carboxylic acids is 1. The van der Waals surface area contributed by atoms with Gasteiger partial charge in [0, 0.05) is 19.0 Å². The van der Waals surface area contributed by atoms with Gasteiger partial charge in [-0.1, -0.05) is 26.0 Å². The Hall–Kier alpha value is -1.93. The molecule has 0 spiro atoms. The van der Waals surface area contributed by atoms with Crippen LogP contribution in [0.3, 0.4) is 0 Å². The molecule has 1 unspecified atom stereocenters. The lowest BCUT2D eigenvalue weighted by molar-refractivity contribution is -0.141. The maximum atomic E-state index is 12.5. The number of nitrogens with one attached hydrogen (secondary N) is 1. The van der Waals surface area contributed by atoms with Crippen LogP contribution in [0.5, 0.6) is 0 Å². The average molecular weight is 397 g/mol. The molecule has 1 fully saturated rings. The lowest BCUT2D eigenvalue weighted by atomic mass is 10.0. The van der Waals surface area contributed by atoms with Gasteiger partial charge >= 0.3 is 5.97 Å². The largest absolute Gasteiger partial charge is 0.481 e.